The normalized spacial score (nSPS) is 22.5. The summed E-state index contributed by atoms with van der Waals surface area (Å²) in [5.74, 6) is -0.422. The molecule has 0 N–H and O–H groups in total. The Morgan fingerprint density at radius 1 is 0.614 bits per heavy atom. The fourth-order valence-corrected chi connectivity index (χ4v) is 6.53. The molecule has 0 amide bonds. The predicted octanol–water partition coefficient (Wildman–Crippen LogP) is 7.57. The maximum Gasteiger partial charge on any atom is 0.352 e. The molecule has 228 valence electrons. The van der Waals surface area contributed by atoms with E-state index in [1.807, 2.05) is 0 Å². The minimum absolute atomic E-state index is 0.433. The molecule has 4 aromatic carbocycles. The molecular formula is C38H40O6. The standard InChI is InChI=1S/C38H40O6/c1-5-19-39-36(24-41-36)43-34-17-15-30(21-26(34)3)38(32-13-9-7-11-28(32)23-29-12-8-10-14-33(29)38)31-16-18-35(27(4)22-31)44-37(25-42-37)40-20-6-2/h7-18,21-22H,5-6,19-20,23-25H2,1-4H3. The van der Waals surface area contributed by atoms with Gasteiger partial charge in [-0.1, -0.05) is 86.6 Å². The van der Waals surface area contributed by atoms with E-state index >= 15 is 0 Å². The van der Waals surface area contributed by atoms with Crippen molar-refractivity contribution in [2.45, 2.75) is 64.3 Å². The van der Waals surface area contributed by atoms with Crippen LogP contribution in [0.4, 0.5) is 0 Å². The second-order valence-electron chi connectivity index (χ2n) is 12.0. The summed E-state index contributed by atoms with van der Waals surface area (Å²) >= 11 is 0. The minimum atomic E-state index is -0.972. The Hall–Kier alpha value is -3.68. The van der Waals surface area contributed by atoms with Crippen molar-refractivity contribution in [3.63, 3.8) is 0 Å². The summed E-state index contributed by atoms with van der Waals surface area (Å²) in [5.41, 5.74) is 9.02. The lowest BCUT2D eigenvalue weighted by Crippen LogP contribution is -2.36. The number of hydrogen-bond donors (Lipinski definition) is 0. The van der Waals surface area contributed by atoms with Crippen LogP contribution in [0.2, 0.25) is 0 Å². The summed E-state index contributed by atoms with van der Waals surface area (Å²) in [6.45, 7) is 10.4. The van der Waals surface area contributed by atoms with Crippen molar-refractivity contribution in [3.8, 4) is 11.5 Å². The van der Waals surface area contributed by atoms with Crippen LogP contribution >= 0.6 is 0 Å². The van der Waals surface area contributed by atoms with Crippen LogP contribution in [0.5, 0.6) is 11.5 Å². The fourth-order valence-electron chi connectivity index (χ4n) is 6.53. The number of epoxide rings is 2. The van der Waals surface area contributed by atoms with Crippen LogP contribution in [0.15, 0.2) is 84.9 Å². The monoisotopic (exact) mass is 592 g/mol. The highest BCUT2D eigenvalue weighted by atomic mass is 16.9. The molecule has 1 aliphatic carbocycles. The summed E-state index contributed by atoms with van der Waals surface area (Å²) in [5, 5.41) is 0. The highest BCUT2D eigenvalue weighted by Crippen LogP contribution is 2.52. The van der Waals surface area contributed by atoms with Gasteiger partial charge in [-0.05, 0) is 89.8 Å². The molecule has 0 saturated carbocycles. The first kappa shape index (κ1) is 29.1. The van der Waals surface area contributed by atoms with E-state index in [-0.39, 0.29) is 0 Å². The van der Waals surface area contributed by atoms with Gasteiger partial charge in [0.1, 0.15) is 24.7 Å². The molecule has 7 rings (SSSR count). The van der Waals surface area contributed by atoms with Crippen molar-refractivity contribution in [2.75, 3.05) is 26.4 Å². The second kappa shape index (κ2) is 11.4. The maximum atomic E-state index is 6.30. The second-order valence-corrected chi connectivity index (χ2v) is 12.0. The predicted molar refractivity (Wildman–Crippen MR) is 168 cm³/mol. The van der Waals surface area contributed by atoms with Gasteiger partial charge in [-0.15, -0.1) is 0 Å². The summed E-state index contributed by atoms with van der Waals surface area (Å²) < 4.78 is 35.6. The van der Waals surface area contributed by atoms with E-state index in [0.717, 1.165) is 41.9 Å². The van der Waals surface area contributed by atoms with Gasteiger partial charge < -0.3 is 28.4 Å². The van der Waals surface area contributed by atoms with Gasteiger partial charge in [-0.25, -0.2) is 0 Å². The third-order valence-corrected chi connectivity index (χ3v) is 8.78. The molecule has 3 aliphatic rings. The van der Waals surface area contributed by atoms with Gasteiger partial charge in [0.25, 0.3) is 0 Å². The highest BCUT2D eigenvalue weighted by Gasteiger charge is 2.52. The van der Waals surface area contributed by atoms with Gasteiger partial charge in [-0.3, -0.25) is 0 Å². The van der Waals surface area contributed by atoms with Gasteiger partial charge in [0.15, 0.2) is 0 Å². The van der Waals surface area contributed by atoms with Crippen LogP contribution in [0.25, 0.3) is 0 Å². The van der Waals surface area contributed by atoms with Gasteiger partial charge in [0, 0.05) is 0 Å². The lowest BCUT2D eigenvalue weighted by atomic mass is 9.59. The molecule has 0 radical (unpaired) electrons. The van der Waals surface area contributed by atoms with E-state index in [1.165, 1.54) is 33.4 Å². The molecule has 0 bridgehead atoms. The topological polar surface area (TPSA) is 62.0 Å². The first-order valence-electron chi connectivity index (χ1n) is 15.7. The Balaban J connectivity index is 1.36. The lowest BCUT2D eigenvalue weighted by molar-refractivity contribution is -0.174. The fraction of sp³-hybridized carbons (Fsp3) is 0.368. The molecule has 2 saturated heterocycles. The van der Waals surface area contributed by atoms with Crippen molar-refractivity contribution in [1.82, 2.24) is 0 Å². The third-order valence-electron chi connectivity index (χ3n) is 8.78. The van der Waals surface area contributed by atoms with E-state index < -0.39 is 17.4 Å². The van der Waals surface area contributed by atoms with Crippen LogP contribution in [0.3, 0.4) is 0 Å². The maximum absolute atomic E-state index is 6.30. The molecule has 2 fully saturated rings. The van der Waals surface area contributed by atoms with Gasteiger partial charge in [-0.2, -0.15) is 0 Å². The zero-order valence-corrected chi connectivity index (χ0v) is 26.0. The Morgan fingerprint density at radius 3 is 1.43 bits per heavy atom. The number of aryl methyl sites for hydroxylation is 2. The highest BCUT2D eigenvalue weighted by molar-refractivity contribution is 5.68. The van der Waals surface area contributed by atoms with Crippen LogP contribution in [0.1, 0.15) is 71.2 Å². The SMILES string of the molecule is CCCOC1(Oc2ccc(C3(c4ccc(OC5(OCCC)CO5)c(C)c4)c4ccccc4Cc4ccccc43)cc2C)CO1. The average molecular weight is 593 g/mol. The number of rotatable bonds is 12. The van der Waals surface area contributed by atoms with Gasteiger partial charge >= 0.3 is 11.9 Å². The van der Waals surface area contributed by atoms with Crippen molar-refractivity contribution in [3.05, 3.63) is 129 Å². The summed E-state index contributed by atoms with van der Waals surface area (Å²) in [4.78, 5) is 0. The summed E-state index contributed by atoms with van der Waals surface area (Å²) in [6.07, 6.45) is 2.69. The number of fused-ring (bicyclic) bond motifs is 2. The van der Waals surface area contributed by atoms with Crippen LogP contribution in [-0.2, 0) is 30.8 Å². The molecule has 4 aromatic rings. The van der Waals surface area contributed by atoms with Gasteiger partial charge in [0.2, 0.25) is 0 Å². The largest absolute Gasteiger partial charge is 0.437 e. The minimum Gasteiger partial charge on any atom is -0.437 e. The molecule has 0 spiro atoms. The molecule has 0 aromatic heterocycles. The van der Waals surface area contributed by atoms with Crippen molar-refractivity contribution < 1.29 is 28.4 Å². The first-order chi connectivity index (χ1) is 21.4. The smallest absolute Gasteiger partial charge is 0.352 e. The Bertz CT molecular complexity index is 1540. The van der Waals surface area contributed by atoms with Crippen molar-refractivity contribution in [1.29, 1.82) is 0 Å². The van der Waals surface area contributed by atoms with E-state index in [0.29, 0.717) is 26.4 Å². The van der Waals surface area contributed by atoms with E-state index in [1.54, 1.807) is 0 Å². The molecule has 44 heavy (non-hydrogen) atoms. The molecule has 6 heteroatoms. The number of ether oxygens (including phenoxy) is 6. The van der Waals surface area contributed by atoms with E-state index in [2.05, 4.69) is 113 Å². The molecule has 2 unspecified atom stereocenters. The van der Waals surface area contributed by atoms with Crippen LogP contribution in [-0.4, -0.2) is 38.4 Å². The Morgan fingerprint density at radius 2 is 1.05 bits per heavy atom. The van der Waals surface area contributed by atoms with Crippen LogP contribution < -0.4 is 9.47 Å². The van der Waals surface area contributed by atoms with E-state index in [9.17, 15) is 0 Å². The molecule has 2 aliphatic heterocycles. The lowest BCUT2D eigenvalue weighted by Gasteiger charge is -2.43. The first-order valence-corrected chi connectivity index (χ1v) is 15.7. The zero-order valence-electron chi connectivity index (χ0n) is 26.0. The third kappa shape index (κ3) is 5.10. The van der Waals surface area contributed by atoms with Crippen molar-refractivity contribution >= 4 is 0 Å². The summed E-state index contributed by atoms with van der Waals surface area (Å²) in [6, 6.07) is 30.7. The van der Waals surface area contributed by atoms with Gasteiger partial charge in [0.05, 0.1) is 18.6 Å². The Labute approximate surface area is 259 Å². The number of hydrogen-bond acceptors (Lipinski definition) is 6. The van der Waals surface area contributed by atoms with E-state index in [4.69, 9.17) is 28.4 Å². The average Bonchev–Trinajstić information content (AvgIpc) is 3.98. The quantitative estimate of drug-likeness (QED) is 0.110. The Kier molecular flexibility index (Phi) is 7.50. The summed E-state index contributed by atoms with van der Waals surface area (Å²) in [7, 11) is 0. The van der Waals surface area contributed by atoms with Crippen molar-refractivity contribution in [2.24, 2.45) is 0 Å². The molecule has 6 nitrogen and oxygen atoms in total. The zero-order chi connectivity index (χ0) is 30.4. The number of benzene rings is 4. The van der Waals surface area contributed by atoms with Crippen LogP contribution in [0, 0.1) is 13.8 Å². The molecular weight excluding hydrogens is 552 g/mol. The molecule has 2 heterocycles. The molecule has 2 atom stereocenters.